The van der Waals surface area contributed by atoms with E-state index in [1.54, 1.807) is 0 Å². The van der Waals surface area contributed by atoms with Crippen molar-refractivity contribution in [3.8, 4) is 0 Å². The third kappa shape index (κ3) is 10.6. The molecule has 0 heterocycles. The molecule has 0 radical (unpaired) electrons. The zero-order chi connectivity index (χ0) is 8.41. The van der Waals surface area contributed by atoms with Crippen molar-refractivity contribution in [2.75, 3.05) is 7.05 Å². The van der Waals surface area contributed by atoms with Crippen LogP contribution < -0.4 is 5.32 Å². The van der Waals surface area contributed by atoms with Crippen LogP contribution in [0.1, 0.15) is 33.6 Å². The summed E-state index contributed by atoms with van der Waals surface area (Å²) in [5.41, 5.74) is 0. The highest BCUT2D eigenvalue weighted by Crippen LogP contribution is 1.90. The molecule has 2 nitrogen and oxygen atoms in total. The summed E-state index contributed by atoms with van der Waals surface area (Å²) in [6.45, 7) is 6.06. The Morgan fingerprint density at radius 1 is 1.50 bits per heavy atom. The van der Waals surface area contributed by atoms with Crippen LogP contribution in [0, 0.1) is 0 Å². The van der Waals surface area contributed by atoms with Crippen LogP contribution in [0.2, 0.25) is 0 Å². The molecular formula is C8H19NO. The SMILES string of the molecule is CC.CNC(C)CCC=O. The molecule has 0 aliphatic rings. The first-order valence-electron chi connectivity index (χ1n) is 3.92. The Balaban J connectivity index is 0. The fourth-order valence-corrected chi connectivity index (χ4v) is 0.462. The summed E-state index contributed by atoms with van der Waals surface area (Å²) in [7, 11) is 1.90. The monoisotopic (exact) mass is 145 g/mol. The average molecular weight is 145 g/mol. The van der Waals surface area contributed by atoms with Gasteiger partial charge in [0.15, 0.2) is 0 Å². The minimum Gasteiger partial charge on any atom is -0.317 e. The van der Waals surface area contributed by atoms with Crippen LogP contribution in [0.3, 0.4) is 0 Å². The quantitative estimate of drug-likeness (QED) is 0.609. The predicted octanol–water partition coefficient (Wildman–Crippen LogP) is 1.60. The van der Waals surface area contributed by atoms with Crippen molar-refractivity contribution in [3.63, 3.8) is 0 Å². The number of rotatable bonds is 4. The van der Waals surface area contributed by atoms with Gasteiger partial charge in [-0.1, -0.05) is 13.8 Å². The maximum Gasteiger partial charge on any atom is 0.120 e. The molecule has 2 heteroatoms. The van der Waals surface area contributed by atoms with E-state index in [1.807, 2.05) is 20.9 Å². The normalized spacial score (nSPS) is 11.2. The number of nitrogens with one attached hydrogen (secondary N) is 1. The van der Waals surface area contributed by atoms with Crippen molar-refractivity contribution in [1.29, 1.82) is 0 Å². The van der Waals surface area contributed by atoms with Crippen LogP contribution in [0.15, 0.2) is 0 Å². The smallest absolute Gasteiger partial charge is 0.120 e. The fraction of sp³-hybridized carbons (Fsp3) is 0.875. The minimum absolute atomic E-state index is 0.472. The fourth-order valence-electron chi connectivity index (χ4n) is 0.462. The van der Waals surface area contributed by atoms with Gasteiger partial charge < -0.3 is 10.1 Å². The molecule has 0 aliphatic heterocycles. The predicted molar refractivity (Wildman–Crippen MR) is 45.2 cm³/mol. The molecular weight excluding hydrogens is 126 g/mol. The Kier molecular flexibility index (Phi) is 14.1. The zero-order valence-electron chi connectivity index (χ0n) is 7.48. The lowest BCUT2D eigenvalue weighted by molar-refractivity contribution is -0.108. The van der Waals surface area contributed by atoms with E-state index in [0.29, 0.717) is 12.5 Å². The highest BCUT2D eigenvalue weighted by molar-refractivity contribution is 5.49. The molecule has 0 aromatic carbocycles. The summed E-state index contributed by atoms with van der Waals surface area (Å²) in [6.07, 6.45) is 2.57. The molecule has 0 bridgehead atoms. The van der Waals surface area contributed by atoms with Gasteiger partial charge >= 0.3 is 0 Å². The number of hydrogen-bond acceptors (Lipinski definition) is 2. The van der Waals surface area contributed by atoms with Crippen LogP contribution in [0.5, 0.6) is 0 Å². The Bertz CT molecular complexity index is 64.3. The van der Waals surface area contributed by atoms with E-state index in [2.05, 4.69) is 12.2 Å². The Labute approximate surface area is 64.0 Å². The number of carbonyl (C=O) groups is 1. The maximum atomic E-state index is 9.80. The minimum atomic E-state index is 0.472. The molecule has 1 unspecified atom stereocenters. The highest BCUT2D eigenvalue weighted by atomic mass is 16.1. The van der Waals surface area contributed by atoms with E-state index in [-0.39, 0.29) is 0 Å². The highest BCUT2D eigenvalue weighted by Gasteiger charge is 1.93. The van der Waals surface area contributed by atoms with Gasteiger partial charge in [-0.15, -0.1) is 0 Å². The van der Waals surface area contributed by atoms with Gasteiger partial charge in [-0.05, 0) is 20.4 Å². The summed E-state index contributed by atoms with van der Waals surface area (Å²) in [5.74, 6) is 0. The molecule has 0 aromatic rings. The first kappa shape index (κ1) is 12.3. The van der Waals surface area contributed by atoms with Gasteiger partial charge in [-0.25, -0.2) is 0 Å². The van der Waals surface area contributed by atoms with Crippen LogP contribution in [-0.4, -0.2) is 19.4 Å². The lowest BCUT2D eigenvalue weighted by Crippen LogP contribution is -2.20. The number of hydrogen-bond donors (Lipinski definition) is 1. The van der Waals surface area contributed by atoms with Crippen molar-refractivity contribution in [3.05, 3.63) is 0 Å². The molecule has 0 aromatic heterocycles. The van der Waals surface area contributed by atoms with Gasteiger partial charge in [-0.3, -0.25) is 0 Å². The summed E-state index contributed by atoms with van der Waals surface area (Å²) < 4.78 is 0. The Morgan fingerprint density at radius 2 is 2.00 bits per heavy atom. The van der Waals surface area contributed by atoms with E-state index in [9.17, 15) is 4.79 Å². The second kappa shape index (κ2) is 11.4. The van der Waals surface area contributed by atoms with E-state index < -0.39 is 0 Å². The van der Waals surface area contributed by atoms with Gasteiger partial charge in [-0.2, -0.15) is 0 Å². The first-order chi connectivity index (χ1) is 4.81. The third-order valence-corrected chi connectivity index (χ3v) is 1.21. The van der Waals surface area contributed by atoms with Crippen LogP contribution in [0.4, 0.5) is 0 Å². The summed E-state index contributed by atoms with van der Waals surface area (Å²) in [5, 5.41) is 3.04. The standard InChI is InChI=1S/C6H13NO.C2H6/c1-6(7-2)4-3-5-8;1-2/h5-7H,3-4H2,1-2H3;1-2H3. The van der Waals surface area contributed by atoms with Crippen molar-refractivity contribution in [1.82, 2.24) is 5.32 Å². The van der Waals surface area contributed by atoms with Gasteiger partial charge in [0.25, 0.3) is 0 Å². The van der Waals surface area contributed by atoms with E-state index in [1.165, 1.54) is 0 Å². The van der Waals surface area contributed by atoms with Crippen LogP contribution in [-0.2, 0) is 4.79 Å². The van der Waals surface area contributed by atoms with Gasteiger partial charge in [0.05, 0.1) is 0 Å². The van der Waals surface area contributed by atoms with Crippen LogP contribution >= 0.6 is 0 Å². The van der Waals surface area contributed by atoms with Crippen LogP contribution in [0.25, 0.3) is 0 Å². The molecule has 0 saturated carbocycles. The van der Waals surface area contributed by atoms with Crippen molar-refractivity contribution in [2.45, 2.75) is 39.7 Å². The molecule has 0 rings (SSSR count). The van der Waals surface area contributed by atoms with E-state index in [0.717, 1.165) is 12.7 Å². The molecule has 10 heavy (non-hydrogen) atoms. The van der Waals surface area contributed by atoms with Gasteiger partial charge in [0, 0.05) is 12.5 Å². The Hall–Kier alpha value is -0.370. The second-order valence-corrected chi connectivity index (χ2v) is 1.93. The topological polar surface area (TPSA) is 29.1 Å². The summed E-state index contributed by atoms with van der Waals surface area (Å²) >= 11 is 0. The summed E-state index contributed by atoms with van der Waals surface area (Å²) in [4.78, 5) is 9.80. The van der Waals surface area contributed by atoms with Crippen molar-refractivity contribution in [2.24, 2.45) is 0 Å². The molecule has 0 saturated heterocycles. The van der Waals surface area contributed by atoms with Gasteiger partial charge in [0.1, 0.15) is 6.29 Å². The van der Waals surface area contributed by atoms with E-state index in [4.69, 9.17) is 0 Å². The van der Waals surface area contributed by atoms with E-state index >= 15 is 0 Å². The lowest BCUT2D eigenvalue weighted by Gasteiger charge is -2.04. The molecule has 0 amide bonds. The first-order valence-corrected chi connectivity index (χ1v) is 3.92. The molecule has 0 spiro atoms. The molecule has 0 aliphatic carbocycles. The molecule has 0 fully saturated rings. The summed E-state index contributed by atoms with van der Waals surface area (Å²) in [6, 6.07) is 0.472. The van der Waals surface area contributed by atoms with Crippen molar-refractivity contribution < 1.29 is 4.79 Å². The average Bonchev–Trinajstić information content (AvgIpc) is 2.04. The number of aldehydes is 1. The molecule has 1 N–H and O–H groups in total. The van der Waals surface area contributed by atoms with Crippen molar-refractivity contribution >= 4 is 6.29 Å². The zero-order valence-corrected chi connectivity index (χ0v) is 7.48. The maximum absolute atomic E-state index is 9.80. The number of carbonyl (C=O) groups excluding carboxylic acids is 1. The third-order valence-electron chi connectivity index (χ3n) is 1.21. The largest absolute Gasteiger partial charge is 0.317 e. The molecule has 62 valence electrons. The van der Waals surface area contributed by atoms with Gasteiger partial charge in [0.2, 0.25) is 0 Å². The Morgan fingerprint density at radius 3 is 2.30 bits per heavy atom. The second-order valence-electron chi connectivity index (χ2n) is 1.93. The molecule has 1 atom stereocenters. The lowest BCUT2D eigenvalue weighted by atomic mass is 10.2.